The molecule has 0 bridgehead atoms. The summed E-state index contributed by atoms with van der Waals surface area (Å²) in [7, 11) is 0. The zero-order valence-corrected chi connectivity index (χ0v) is 13.8. The lowest BCUT2D eigenvalue weighted by molar-refractivity contribution is 0.753. The second-order valence-electron chi connectivity index (χ2n) is 5.71. The highest BCUT2D eigenvalue weighted by Crippen LogP contribution is 2.66. The van der Waals surface area contributed by atoms with Crippen LogP contribution in [-0.4, -0.2) is 0 Å². The van der Waals surface area contributed by atoms with Crippen LogP contribution in [0.4, 0.5) is 0 Å². The van der Waals surface area contributed by atoms with Crippen molar-refractivity contribution in [1.29, 1.82) is 0 Å². The van der Waals surface area contributed by atoms with Crippen molar-refractivity contribution in [2.75, 3.05) is 0 Å². The van der Waals surface area contributed by atoms with Gasteiger partial charge >= 0.3 is 0 Å². The molecule has 0 spiro atoms. The van der Waals surface area contributed by atoms with E-state index in [0.717, 1.165) is 11.2 Å². The van der Waals surface area contributed by atoms with Crippen molar-refractivity contribution in [3.63, 3.8) is 0 Å². The Labute approximate surface area is 133 Å². The van der Waals surface area contributed by atoms with E-state index in [9.17, 15) is 0 Å². The zero-order chi connectivity index (χ0) is 12.8. The molecule has 3 aliphatic rings. The molecule has 2 aliphatic carbocycles. The molecule has 1 aliphatic heterocycles. The topological polar surface area (TPSA) is 0 Å². The summed E-state index contributed by atoms with van der Waals surface area (Å²) in [5.74, 6) is 0.775. The first-order valence-electron chi connectivity index (χ1n) is 6.85. The molecule has 20 heavy (non-hydrogen) atoms. The van der Waals surface area contributed by atoms with Gasteiger partial charge in [-0.25, -0.2) is 0 Å². The summed E-state index contributed by atoms with van der Waals surface area (Å²) in [5, 5.41) is 5.26. The number of rotatable bonds is 0. The van der Waals surface area contributed by atoms with Crippen LogP contribution in [0.15, 0.2) is 27.8 Å². The fourth-order valence-corrected chi connectivity index (χ4v) is 9.53. The molecule has 2 unspecified atom stereocenters. The van der Waals surface area contributed by atoms with Gasteiger partial charge in [-0.3, -0.25) is 0 Å². The Bertz CT molecular complexity index is 863. The Balaban J connectivity index is 1.53. The molecule has 0 amide bonds. The highest BCUT2D eigenvalue weighted by atomic mass is 32.2. The summed E-state index contributed by atoms with van der Waals surface area (Å²) < 4.78 is 0. The molecule has 4 heterocycles. The normalized spacial score (nSPS) is 24.4. The van der Waals surface area contributed by atoms with Gasteiger partial charge in [-0.1, -0.05) is 0 Å². The Morgan fingerprint density at radius 1 is 0.950 bits per heavy atom. The predicted octanol–water partition coefficient (Wildman–Crippen LogP) is 5.93. The van der Waals surface area contributed by atoms with E-state index in [1.165, 1.54) is 12.8 Å². The zero-order valence-electron chi connectivity index (χ0n) is 10.5. The minimum absolute atomic E-state index is 0.732. The molecule has 0 saturated heterocycles. The number of thiophene rings is 3. The molecule has 3 aromatic rings. The molecule has 6 rings (SSSR count). The van der Waals surface area contributed by atoms with Crippen molar-refractivity contribution in [3.8, 4) is 9.75 Å². The standard InChI is InChI=1S/C16H10S4/c1-3-17-11-7(1)5-9-13(11)19-16-10-6-8-2-4-18-12(8)14(10)20-15(9)16/h1-4,9,13H,5-6H2. The van der Waals surface area contributed by atoms with Crippen LogP contribution in [0.3, 0.4) is 0 Å². The number of hydrogen-bond donors (Lipinski definition) is 0. The molecule has 98 valence electrons. The molecule has 0 aromatic carbocycles. The molecule has 4 heteroatoms. The van der Waals surface area contributed by atoms with Crippen LogP contribution in [0.1, 0.15) is 37.6 Å². The first-order valence-corrected chi connectivity index (χ1v) is 10.3. The molecule has 0 radical (unpaired) electrons. The van der Waals surface area contributed by atoms with E-state index in [0.29, 0.717) is 0 Å². The maximum atomic E-state index is 2.34. The van der Waals surface area contributed by atoms with Gasteiger partial charge in [0.05, 0.1) is 5.25 Å². The van der Waals surface area contributed by atoms with Crippen LogP contribution in [0.25, 0.3) is 9.75 Å². The van der Waals surface area contributed by atoms with Crippen LogP contribution in [0.5, 0.6) is 0 Å². The molecule has 0 saturated carbocycles. The van der Waals surface area contributed by atoms with E-state index in [-0.39, 0.29) is 0 Å². The smallest absolute Gasteiger partial charge is 0.0521 e. The molecule has 2 atom stereocenters. The molecular formula is C16H10S4. The first-order chi connectivity index (χ1) is 9.90. The monoisotopic (exact) mass is 330 g/mol. The van der Waals surface area contributed by atoms with Gasteiger partial charge in [0, 0.05) is 36.7 Å². The molecular weight excluding hydrogens is 320 g/mol. The average Bonchev–Trinajstić information content (AvgIpc) is 3.14. The summed E-state index contributed by atoms with van der Waals surface area (Å²) in [6.07, 6.45) is 2.46. The van der Waals surface area contributed by atoms with Gasteiger partial charge in [-0.15, -0.1) is 45.8 Å². The summed E-state index contributed by atoms with van der Waals surface area (Å²) in [6, 6.07) is 4.66. The molecule has 0 N–H and O–H groups in total. The van der Waals surface area contributed by atoms with E-state index < -0.39 is 0 Å². The van der Waals surface area contributed by atoms with Crippen LogP contribution < -0.4 is 0 Å². The lowest BCUT2D eigenvalue weighted by atomic mass is 10.0. The van der Waals surface area contributed by atoms with E-state index >= 15 is 0 Å². The van der Waals surface area contributed by atoms with Crippen LogP contribution in [0, 0.1) is 0 Å². The third-order valence-corrected chi connectivity index (χ3v) is 10.1. The predicted molar refractivity (Wildman–Crippen MR) is 89.8 cm³/mol. The molecule has 0 fully saturated rings. The van der Waals surface area contributed by atoms with Gasteiger partial charge in [-0.05, 0) is 46.0 Å². The lowest BCUT2D eigenvalue weighted by Crippen LogP contribution is -1.94. The number of hydrogen-bond acceptors (Lipinski definition) is 4. The lowest BCUT2D eigenvalue weighted by Gasteiger charge is -2.08. The quantitative estimate of drug-likeness (QED) is 0.385. The summed E-state index contributed by atoms with van der Waals surface area (Å²) in [4.78, 5) is 8.17. The van der Waals surface area contributed by atoms with Gasteiger partial charge in [-0.2, -0.15) is 0 Å². The Hall–Kier alpha value is -0.550. The highest BCUT2D eigenvalue weighted by Gasteiger charge is 2.45. The maximum absolute atomic E-state index is 2.34. The second-order valence-corrected chi connectivity index (χ2v) is 9.78. The van der Waals surface area contributed by atoms with E-state index in [2.05, 4.69) is 46.0 Å². The largest absolute Gasteiger partial charge is 0.147 e. The summed E-state index contributed by atoms with van der Waals surface area (Å²) in [5.41, 5.74) is 4.84. The number of fused-ring (bicyclic) bond motifs is 9. The van der Waals surface area contributed by atoms with Crippen LogP contribution in [-0.2, 0) is 12.8 Å². The Morgan fingerprint density at radius 3 is 2.85 bits per heavy atom. The van der Waals surface area contributed by atoms with Crippen LogP contribution in [0.2, 0.25) is 0 Å². The fraction of sp³-hybridized carbons (Fsp3) is 0.250. The minimum atomic E-state index is 0.732. The molecule has 0 nitrogen and oxygen atoms in total. The third kappa shape index (κ3) is 1.17. The highest BCUT2D eigenvalue weighted by molar-refractivity contribution is 8.00. The SMILES string of the molecule is c1cc2c(s1)-c1sc3c(c1C2)SC1c2sccc2CC31. The number of thioether (sulfide) groups is 1. The first kappa shape index (κ1) is 11.1. The van der Waals surface area contributed by atoms with E-state index in [4.69, 9.17) is 0 Å². The van der Waals surface area contributed by atoms with Crippen molar-refractivity contribution in [1.82, 2.24) is 0 Å². The van der Waals surface area contributed by atoms with Crippen molar-refractivity contribution in [2.45, 2.75) is 28.9 Å². The summed E-state index contributed by atoms with van der Waals surface area (Å²) >= 11 is 8.17. The van der Waals surface area contributed by atoms with Crippen molar-refractivity contribution >= 4 is 45.8 Å². The van der Waals surface area contributed by atoms with Gasteiger partial charge in [0.25, 0.3) is 0 Å². The van der Waals surface area contributed by atoms with E-state index in [1.54, 1.807) is 41.1 Å². The second kappa shape index (κ2) is 3.61. The van der Waals surface area contributed by atoms with Crippen molar-refractivity contribution in [2.24, 2.45) is 0 Å². The van der Waals surface area contributed by atoms with Gasteiger partial charge < -0.3 is 0 Å². The van der Waals surface area contributed by atoms with Gasteiger partial charge in [0.2, 0.25) is 0 Å². The minimum Gasteiger partial charge on any atom is -0.147 e. The van der Waals surface area contributed by atoms with Crippen LogP contribution >= 0.6 is 45.8 Å². The Morgan fingerprint density at radius 2 is 1.85 bits per heavy atom. The molecule has 3 aromatic heterocycles. The maximum Gasteiger partial charge on any atom is 0.0521 e. The van der Waals surface area contributed by atoms with Crippen molar-refractivity contribution in [3.05, 3.63) is 49.3 Å². The fourth-order valence-electron chi connectivity index (χ4n) is 3.84. The Kier molecular flexibility index (Phi) is 2.00. The summed E-state index contributed by atoms with van der Waals surface area (Å²) in [6.45, 7) is 0. The third-order valence-electron chi connectivity index (χ3n) is 4.73. The van der Waals surface area contributed by atoms with Crippen molar-refractivity contribution < 1.29 is 0 Å². The van der Waals surface area contributed by atoms with Gasteiger partial charge in [0.1, 0.15) is 0 Å². The average molecular weight is 331 g/mol. The van der Waals surface area contributed by atoms with E-state index in [1.807, 2.05) is 22.7 Å². The van der Waals surface area contributed by atoms with Gasteiger partial charge in [0.15, 0.2) is 0 Å².